The molecule has 2 heterocycles. The Hall–Kier alpha value is -0.625. The summed E-state index contributed by atoms with van der Waals surface area (Å²) in [5, 5.41) is 13.2. The Labute approximate surface area is 168 Å². The van der Waals surface area contributed by atoms with Gasteiger partial charge in [0.05, 0.1) is 11.7 Å². The Morgan fingerprint density at radius 3 is 2.79 bits per heavy atom. The first-order valence-electron chi connectivity index (χ1n) is 11.2. The number of rotatable bonds is 5. The van der Waals surface area contributed by atoms with Crippen molar-refractivity contribution in [2.24, 2.45) is 40.7 Å². The number of carboxylic acid groups (broad SMARTS) is 1. The van der Waals surface area contributed by atoms with E-state index in [1.54, 1.807) is 0 Å². The van der Waals surface area contributed by atoms with Crippen LogP contribution >= 0.6 is 0 Å². The molecule has 8 atom stereocenters. The van der Waals surface area contributed by atoms with Crippen LogP contribution in [0.1, 0.15) is 52.9 Å². The van der Waals surface area contributed by atoms with E-state index in [0.29, 0.717) is 29.6 Å². The van der Waals surface area contributed by atoms with Gasteiger partial charge in [0.1, 0.15) is 5.54 Å². The van der Waals surface area contributed by atoms with Crippen LogP contribution in [-0.2, 0) is 14.1 Å². The van der Waals surface area contributed by atoms with Crippen molar-refractivity contribution in [3.63, 3.8) is 0 Å². The van der Waals surface area contributed by atoms with Crippen LogP contribution in [0.15, 0.2) is 0 Å². The minimum absolute atomic E-state index is 0.0380. The molecule has 6 aliphatic rings. The SMILES string of the molecule is CC1(C)[C@H]2C[C@@H]3OB(CCCC4C5CNCC5C[C@@]4(N)C(=O)O)O[C@]3(C)[C@@H]1C2. The van der Waals surface area contributed by atoms with E-state index in [-0.39, 0.29) is 24.7 Å². The van der Waals surface area contributed by atoms with Crippen molar-refractivity contribution in [2.75, 3.05) is 13.1 Å². The van der Waals surface area contributed by atoms with Gasteiger partial charge in [0.25, 0.3) is 0 Å². The van der Waals surface area contributed by atoms with E-state index in [1.807, 2.05) is 0 Å². The molecule has 4 saturated carbocycles. The molecule has 7 heteroatoms. The average molecular weight is 390 g/mol. The maximum atomic E-state index is 11.9. The van der Waals surface area contributed by atoms with Crippen LogP contribution in [0, 0.1) is 35.0 Å². The zero-order chi connectivity index (χ0) is 19.9. The quantitative estimate of drug-likeness (QED) is 0.623. The van der Waals surface area contributed by atoms with Gasteiger partial charge in [-0.1, -0.05) is 20.3 Å². The normalized spacial score (nSPS) is 50.9. The molecule has 6 fully saturated rings. The van der Waals surface area contributed by atoms with E-state index in [4.69, 9.17) is 15.0 Å². The second-order valence-corrected chi connectivity index (χ2v) is 11.1. The van der Waals surface area contributed by atoms with Crippen molar-refractivity contribution < 1.29 is 19.2 Å². The van der Waals surface area contributed by atoms with Gasteiger partial charge in [-0.3, -0.25) is 4.79 Å². The van der Waals surface area contributed by atoms with E-state index >= 15 is 0 Å². The smallest absolute Gasteiger partial charge is 0.457 e. The van der Waals surface area contributed by atoms with E-state index in [2.05, 4.69) is 26.1 Å². The van der Waals surface area contributed by atoms with Crippen molar-refractivity contribution in [2.45, 2.75) is 76.4 Å². The highest BCUT2D eigenvalue weighted by Crippen LogP contribution is 2.65. The third-order valence-electron chi connectivity index (χ3n) is 9.53. The van der Waals surface area contributed by atoms with E-state index in [0.717, 1.165) is 44.6 Å². The molecule has 156 valence electrons. The molecule has 6 nitrogen and oxygen atoms in total. The number of carbonyl (C=O) groups is 1. The Bertz CT molecular complexity index is 675. The minimum atomic E-state index is -1.07. The molecule has 6 rings (SSSR count). The molecule has 2 aliphatic heterocycles. The summed E-state index contributed by atoms with van der Waals surface area (Å²) in [5.74, 6) is 1.34. The first-order chi connectivity index (χ1) is 13.2. The van der Waals surface area contributed by atoms with E-state index in [1.165, 1.54) is 6.42 Å². The first-order valence-corrected chi connectivity index (χ1v) is 11.2. The molecule has 0 aromatic rings. The van der Waals surface area contributed by atoms with Gasteiger partial charge in [-0.15, -0.1) is 0 Å². The summed E-state index contributed by atoms with van der Waals surface area (Å²) >= 11 is 0. The van der Waals surface area contributed by atoms with E-state index in [9.17, 15) is 9.90 Å². The Kier molecular flexibility index (Phi) is 4.28. The molecule has 28 heavy (non-hydrogen) atoms. The van der Waals surface area contributed by atoms with Crippen molar-refractivity contribution in [3.8, 4) is 0 Å². The maximum Gasteiger partial charge on any atom is 0.457 e. The second-order valence-electron chi connectivity index (χ2n) is 11.1. The van der Waals surface area contributed by atoms with Crippen LogP contribution in [-0.4, -0.2) is 48.5 Å². The summed E-state index contributed by atoms with van der Waals surface area (Å²) in [4.78, 5) is 11.9. The second kappa shape index (κ2) is 6.19. The topological polar surface area (TPSA) is 93.8 Å². The lowest BCUT2D eigenvalue weighted by atomic mass is 9.43. The zero-order valence-electron chi connectivity index (χ0n) is 17.4. The standard InChI is InChI=1S/C21H35BN2O4/c1-19(2)13-7-16(19)20(3)17(8-13)27-22(28-20)6-4-5-15-14-11-24-10-12(14)9-21(15,23)18(25)26/h12-17,24H,4-11,23H2,1-3H3,(H,25,26)/t12?,13-,14?,15?,16-,17+,20-,21+/m1/s1. The van der Waals surface area contributed by atoms with Crippen molar-refractivity contribution in [1.29, 1.82) is 0 Å². The van der Waals surface area contributed by atoms with E-state index < -0.39 is 11.5 Å². The van der Waals surface area contributed by atoms with Crippen molar-refractivity contribution in [3.05, 3.63) is 0 Å². The fourth-order valence-electron chi connectivity index (χ4n) is 7.71. The number of hydrogen-bond acceptors (Lipinski definition) is 5. The van der Waals surface area contributed by atoms with Crippen LogP contribution in [0.5, 0.6) is 0 Å². The highest BCUT2D eigenvalue weighted by Gasteiger charge is 2.67. The summed E-state index contributed by atoms with van der Waals surface area (Å²) in [6.07, 6.45) is 5.78. The van der Waals surface area contributed by atoms with Gasteiger partial charge in [0, 0.05) is 0 Å². The maximum absolute atomic E-state index is 11.9. The zero-order valence-corrected chi connectivity index (χ0v) is 17.4. The predicted molar refractivity (Wildman–Crippen MR) is 107 cm³/mol. The third-order valence-corrected chi connectivity index (χ3v) is 9.53. The van der Waals surface area contributed by atoms with Gasteiger partial charge in [0.2, 0.25) is 0 Å². The number of nitrogens with two attached hydrogens (primary N) is 1. The monoisotopic (exact) mass is 390 g/mol. The lowest BCUT2D eigenvalue weighted by Crippen LogP contribution is -2.65. The number of carboxylic acids is 1. The Balaban J connectivity index is 1.20. The Morgan fingerprint density at radius 2 is 2.07 bits per heavy atom. The summed E-state index contributed by atoms with van der Waals surface area (Å²) in [6, 6.07) is 0. The molecular formula is C21H35BN2O4. The van der Waals surface area contributed by atoms with Crippen LogP contribution in [0.2, 0.25) is 6.32 Å². The van der Waals surface area contributed by atoms with Crippen molar-refractivity contribution in [1.82, 2.24) is 5.32 Å². The number of aliphatic carboxylic acids is 1. The minimum Gasteiger partial charge on any atom is -0.480 e. The van der Waals surface area contributed by atoms with Gasteiger partial charge in [-0.05, 0) is 87.0 Å². The summed E-state index contributed by atoms with van der Waals surface area (Å²) < 4.78 is 12.8. The number of fused-ring (bicyclic) bond motifs is 1. The number of hydrogen-bond donors (Lipinski definition) is 3. The van der Waals surface area contributed by atoms with Crippen molar-refractivity contribution >= 4 is 13.1 Å². The fraction of sp³-hybridized carbons (Fsp3) is 0.952. The Morgan fingerprint density at radius 1 is 1.29 bits per heavy atom. The molecule has 0 radical (unpaired) electrons. The molecule has 2 bridgehead atoms. The van der Waals surface area contributed by atoms with Gasteiger partial charge in [0.15, 0.2) is 0 Å². The summed E-state index contributed by atoms with van der Waals surface area (Å²) in [5.41, 5.74) is 5.54. The molecule has 0 spiro atoms. The van der Waals surface area contributed by atoms with Gasteiger partial charge in [-0.25, -0.2) is 0 Å². The predicted octanol–water partition coefficient (Wildman–Crippen LogP) is 2.13. The first kappa shape index (κ1) is 19.3. The lowest BCUT2D eigenvalue weighted by Gasteiger charge is -2.64. The summed E-state index contributed by atoms with van der Waals surface area (Å²) in [6.45, 7) is 8.81. The van der Waals surface area contributed by atoms with Crippen LogP contribution in [0.25, 0.3) is 0 Å². The molecule has 4 aliphatic carbocycles. The fourth-order valence-corrected chi connectivity index (χ4v) is 7.71. The van der Waals surface area contributed by atoms with Crippen LogP contribution in [0.4, 0.5) is 0 Å². The highest BCUT2D eigenvalue weighted by atomic mass is 16.7. The summed E-state index contributed by atoms with van der Waals surface area (Å²) in [7, 11) is -0.152. The molecular weight excluding hydrogens is 355 g/mol. The van der Waals surface area contributed by atoms with Gasteiger partial charge < -0.3 is 25.5 Å². The third kappa shape index (κ3) is 2.52. The molecule has 0 aromatic heterocycles. The molecule has 2 saturated heterocycles. The largest absolute Gasteiger partial charge is 0.480 e. The van der Waals surface area contributed by atoms with Crippen LogP contribution in [0.3, 0.4) is 0 Å². The molecule has 3 unspecified atom stereocenters. The lowest BCUT2D eigenvalue weighted by molar-refractivity contribution is -0.199. The molecule has 0 aromatic carbocycles. The van der Waals surface area contributed by atoms with Gasteiger partial charge in [-0.2, -0.15) is 0 Å². The van der Waals surface area contributed by atoms with Crippen LogP contribution < -0.4 is 11.1 Å². The van der Waals surface area contributed by atoms with Gasteiger partial charge >= 0.3 is 13.1 Å². The molecule has 4 N–H and O–H groups in total. The number of nitrogens with one attached hydrogen (secondary N) is 1. The highest BCUT2D eigenvalue weighted by molar-refractivity contribution is 6.45. The molecule has 0 amide bonds. The average Bonchev–Trinajstić information content (AvgIpc) is 3.26.